The molecule has 0 N–H and O–H groups in total. The molecule has 0 radical (unpaired) electrons. The summed E-state index contributed by atoms with van der Waals surface area (Å²) in [7, 11) is 1.68. The van der Waals surface area contributed by atoms with E-state index in [1.165, 1.54) is 4.57 Å². The number of pyridine rings is 2. The van der Waals surface area contributed by atoms with E-state index in [0.29, 0.717) is 45.0 Å². The Morgan fingerprint density at radius 1 is 1.15 bits per heavy atom. The number of hydrogen-bond donors (Lipinski definition) is 0. The molecule has 140 valence electrons. The predicted octanol–water partition coefficient (Wildman–Crippen LogP) is 2.26. The molecule has 0 spiro atoms. The molecule has 1 aliphatic rings. The Morgan fingerprint density at radius 3 is 2.42 bits per heavy atom. The Labute approximate surface area is 147 Å². The van der Waals surface area contributed by atoms with Gasteiger partial charge in [0.1, 0.15) is 0 Å². The maximum Gasteiger partial charge on any atom is 0.417 e. The molecule has 0 amide bonds. The van der Waals surface area contributed by atoms with Gasteiger partial charge in [0.05, 0.1) is 5.56 Å². The number of alkyl halides is 3. The third-order valence-corrected chi connectivity index (χ3v) is 4.40. The largest absolute Gasteiger partial charge is 0.417 e. The lowest BCUT2D eigenvalue weighted by Gasteiger charge is -2.35. The van der Waals surface area contributed by atoms with E-state index in [-0.39, 0.29) is 11.4 Å². The topological polar surface area (TPSA) is 41.4 Å². The van der Waals surface area contributed by atoms with Gasteiger partial charge in [-0.05, 0) is 17.7 Å². The zero-order valence-corrected chi connectivity index (χ0v) is 14.1. The first kappa shape index (κ1) is 18.4. The number of halogens is 4. The number of piperazine rings is 1. The van der Waals surface area contributed by atoms with Gasteiger partial charge in [0.2, 0.25) is 0 Å². The van der Waals surface area contributed by atoms with Crippen LogP contribution in [0.5, 0.6) is 0 Å². The van der Waals surface area contributed by atoms with Crippen molar-refractivity contribution >= 4 is 5.82 Å². The first-order valence-corrected chi connectivity index (χ1v) is 8.09. The molecule has 0 aliphatic carbocycles. The van der Waals surface area contributed by atoms with Gasteiger partial charge in [-0.25, -0.2) is 9.37 Å². The molecule has 0 bridgehead atoms. The summed E-state index contributed by atoms with van der Waals surface area (Å²) in [5, 5.41) is 0. The summed E-state index contributed by atoms with van der Waals surface area (Å²) in [6, 6.07) is 3.92. The molecule has 0 unspecified atom stereocenters. The van der Waals surface area contributed by atoms with Gasteiger partial charge in [0.15, 0.2) is 11.6 Å². The maximum absolute atomic E-state index is 14.0. The van der Waals surface area contributed by atoms with Crippen LogP contribution in [0.15, 0.2) is 35.4 Å². The second kappa shape index (κ2) is 7.06. The summed E-state index contributed by atoms with van der Waals surface area (Å²) < 4.78 is 53.3. The zero-order chi connectivity index (χ0) is 18.9. The number of rotatable bonds is 3. The summed E-state index contributed by atoms with van der Waals surface area (Å²) >= 11 is 0. The molecule has 3 heterocycles. The number of aromatic nitrogens is 2. The Hall–Kier alpha value is -2.42. The van der Waals surface area contributed by atoms with Crippen molar-refractivity contribution in [3.8, 4) is 0 Å². The van der Waals surface area contributed by atoms with E-state index < -0.39 is 17.6 Å². The molecule has 0 saturated carbocycles. The zero-order valence-electron chi connectivity index (χ0n) is 14.1. The number of nitrogens with zero attached hydrogens (tertiary/aromatic N) is 4. The van der Waals surface area contributed by atoms with E-state index in [2.05, 4.69) is 9.88 Å². The average molecular weight is 370 g/mol. The van der Waals surface area contributed by atoms with Crippen molar-refractivity contribution in [3.05, 3.63) is 57.9 Å². The lowest BCUT2D eigenvalue weighted by molar-refractivity contribution is -0.138. The van der Waals surface area contributed by atoms with Gasteiger partial charge in [-0.2, -0.15) is 13.2 Å². The third-order valence-electron chi connectivity index (χ3n) is 4.40. The van der Waals surface area contributed by atoms with Crippen molar-refractivity contribution in [1.82, 2.24) is 14.5 Å². The van der Waals surface area contributed by atoms with Crippen molar-refractivity contribution in [2.24, 2.45) is 7.05 Å². The van der Waals surface area contributed by atoms with Crippen molar-refractivity contribution in [1.29, 1.82) is 0 Å². The van der Waals surface area contributed by atoms with Crippen LogP contribution in [0.1, 0.15) is 11.1 Å². The highest BCUT2D eigenvalue weighted by molar-refractivity contribution is 5.42. The van der Waals surface area contributed by atoms with E-state index in [1.54, 1.807) is 24.2 Å². The lowest BCUT2D eigenvalue weighted by atomic mass is 10.2. The fourth-order valence-electron chi connectivity index (χ4n) is 2.88. The third kappa shape index (κ3) is 4.04. The molecule has 1 fully saturated rings. The van der Waals surface area contributed by atoms with E-state index in [9.17, 15) is 22.4 Å². The van der Waals surface area contributed by atoms with Crippen LogP contribution >= 0.6 is 0 Å². The fraction of sp³-hybridized carbons (Fsp3) is 0.412. The van der Waals surface area contributed by atoms with Gasteiger partial charge >= 0.3 is 6.18 Å². The van der Waals surface area contributed by atoms with E-state index in [4.69, 9.17) is 0 Å². The van der Waals surface area contributed by atoms with Crippen molar-refractivity contribution in [3.63, 3.8) is 0 Å². The molecule has 3 rings (SSSR count). The van der Waals surface area contributed by atoms with Gasteiger partial charge < -0.3 is 9.47 Å². The molecule has 0 aromatic carbocycles. The van der Waals surface area contributed by atoms with Crippen LogP contribution in [-0.2, 0) is 19.8 Å². The molecule has 0 atom stereocenters. The molecule has 1 saturated heterocycles. The molecule has 5 nitrogen and oxygen atoms in total. The predicted molar refractivity (Wildman–Crippen MR) is 88.4 cm³/mol. The van der Waals surface area contributed by atoms with Gasteiger partial charge in [-0.3, -0.25) is 9.69 Å². The molecular weight excluding hydrogens is 352 g/mol. The van der Waals surface area contributed by atoms with Gasteiger partial charge in [-0.1, -0.05) is 0 Å². The van der Waals surface area contributed by atoms with Crippen LogP contribution in [0.3, 0.4) is 0 Å². The lowest BCUT2D eigenvalue weighted by Crippen LogP contribution is -2.46. The monoisotopic (exact) mass is 370 g/mol. The first-order valence-electron chi connectivity index (χ1n) is 8.09. The van der Waals surface area contributed by atoms with E-state index in [1.807, 2.05) is 6.07 Å². The summed E-state index contributed by atoms with van der Waals surface area (Å²) in [6.45, 7) is 2.67. The van der Waals surface area contributed by atoms with Crippen molar-refractivity contribution in [2.45, 2.75) is 12.7 Å². The summed E-state index contributed by atoms with van der Waals surface area (Å²) in [5.41, 5.74) is -0.291. The van der Waals surface area contributed by atoms with Crippen LogP contribution in [0, 0.1) is 5.82 Å². The molecule has 1 aliphatic heterocycles. The van der Waals surface area contributed by atoms with Crippen molar-refractivity contribution < 1.29 is 17.6 Å². The van der Waals surface area contributed by atoms with E-state index in [0.717, 1.165) is 5.56 Å². The Balaban J connectivity index is 1.63. The van der Waals surface area contributed by atoms with Crippen molar-refractivity contribution in [2.75, 3.05) is 31.1 Å². The minimum Gasteiger partial charge on any atom is -0.352 e. The quantitative estimate of drug-likeness (QED) is 0.778. The van der Waals surface area contributed by atoms with Gasteiger partial charge in [-0.15, -0.1) is 0 Å². The standard InChI is InChI=1S/C17H18F4N4O/c1-23-3-2-12(8-15(23)26)11-24-4-6-25(7-5-24)16-14(18)9-13(10-22-16)17(19,20)21/h2-3,8-10H,4-7,11H2,1H3. The molecule has 26 heavy (non-hydrogen) atoms. The fourth-order valence-corrected chi connectivity index (χ4v) is 2.88. The van der Waals surface area contributed by atoms with Crippen LogP contribution in [0.4, 0.5) is 23.4 Å². The molecular formula is C17H18F4N4O. The Bertz CT molecular complexity index is 841. The van der Waals surface area contributed by atoms with Crippen LogP contribution in [0.2, 0.25) is 0 Å². The molecule has 2 aromatic rings. The normalized spacial score (nSPS) is 16.1. The minimum absolute atomic E-state index is 0.0637. The molecule has 2 aromatic heterocycles. The van der Waals surface area contributed by atoms with Gasteiger partial charge in [0, 0.05) is 58.2 Å². The van der Waals surface area contributed by atoms with Crippen LogP contribution < -0.4 is 10.5 Å². The number of anilines is 1. The maximum atomic E-state index is 14.0. The Morgan fingerprint density at radius 2 is 1.85 bits per heavy atom. The number of aryl methyl sites for hydroxylation is 1. The molecule has 9 heteroatoms. The van der Waals surface area contributed by atoms with E-state index >= 15 is 0 Å². The average Bonchev–Trinajstić information content (AvgIpc) is 2.58. The van der Waals surface area contributed by atoms with Crippen LogP contribution in [-0.4, -0.2) is 40.6 Å². The highest BCUT2D eigenvalue weighted by Crippen LogP contribution is 2.31. The van der Waals surface area contributed by atoms with Gasteiger partial charge in [0.25, 0.3) is 5.56 Å². The van der Waals surface area contributed by atoms with Crippen LogP contribution in [0.25, 0.3) is 0 Å². The first-order chi connectivity index (χ1) is 12.2. The smallest absolute Gasteiger partial charge is 0.352 e. The second-order valence-electron chi connectivity index (χ2n) is 6.27. The Kier molecular flexibility index (Phi) is 4.99. The second-order valence-corrected chi connectivity index (χ2v) is 6.27. The summed E-state index contributed by atoms with van der Waals surface area (Å²) in [6.07, 6.45) is -2.25. The summed E-state index contributed by atoms with van der Waals surface area (Å²) in [5.74, 6) is -1.04. The highest BCUT2D eigenvalue weighted by atomic mass is 19.4. The minimum atomic E-state index is -4.61. The highest BCUT2D eigenvalue weighted by Gasteiger charge is 2.32. The summed E-state index contributed by atoms with van der Waals surface area (Å²) in [4.78, 5) is 19.1. The number of hydrogen-bond acceptors (Lipinski definition) is 4. The SMILES string of the molecule is Cn1ccc(CN2CCN(c3ncc(C(F)(F)F)cc3F)CC2)cc1=O.